The van der Waals surface area contributed by atoms with Crippen LogP contribution in [0.1, 0.15) is 31.7 Å². The largest absolute Gasteiger partial charge is 0.345 e. The van der Waals surface area contributed by atoms with E-state index in [2.05, 4.69) is 17.5 Å². The molecule has 1 saturated heterocycles. The minimum Gasteiger partial charge on any atom is -0.345 e. The number of benzene rings is 1. The molecule has 1 aromatic carbocycles. The third-order valence-electron chi connectivity index (χ3n) is 4.74. The fraction of sp³-hybridized carbons (Fsp3) is 0.526. The fourth-order valence-electron chi connectivity index (χ4n) is 3.15. The van der Waals surface area contributed by atoms with Crippen LogP contribution in [0, 0.1) is 12.8 Å². The highest BCUT2D eigenvalue weighted by atomic mass is 35.5. The number of alkyl halides is 1. The Morgan fingerprint density at radius 2 is 2.04 bits per heavy atom. The van der Waals surface area contributed by atoms with E-state index in [1.807, 2.05) is 24.0 Å². The molecule has 0 saturated carbocycles. The van der Waals surface area contributed by atoms with Crippen molar-refractivity contribution < 1.29 is 4.79 Å². The normalized spacial score (nSPS) is 15.4. The Labute approximate surface area is 155 Å². The van der Waals surface area contributed by atoms with Crippen molar-refractivity contribution in [1.29, 1.82) is 0 Å². The van der Waals surface area contributed by atoms with Crippen LogP contribution in [-0.4, -0.2) is 36.3 Å². The summed E-state index contributed by atoms with van der Waals surface area (Å²) in [6, 6.07) is 6.13. The summed E-state index contributed by atoms with van der Waals surface area (Å²) >= 11 is 12.2. The standard InChI is InChI=1S/C19H26Cl2N2O/c1-14-5-6-18(13-19(14)21)23(10-4-9-20)15(2)17-7-11-22(12-8-17)16(3)24/h5-6,13,17H,2,4,7-12H2,1,3H3. The van der Waals surface area contributed by atoms with Gasteiger partial charge < -0.3 is 9.80 Å². The van der Waals surface area contributed by atoms with Gasteiger partial charge in [-0.2, -0.15) is 0 Å². The molecule has 0 aliphatic carbocycles. The first-order valence-corrected chi connectivity index (χ1v) is 9.39. The molecular formula is C19H26Cl2N2O. The van der Waals surface area contributed by atoms with E-state index in [0.29, 0.717) is 11.8 Å². The van der Waals surface area contributed by atoms with E-state index in [4.69, 9.17) is 23.2 Å². The number of rotatable bonds is 6. The number of carbonyl (C=O) groups is 1. The molecule has 5 heteroatoms. The zero-order valence-electron chi connectivity index (χ0n) is 14.5. The Kier molecular flexibility index (Phi) is 7.00. The first kappa shape index (κ1) is 19.1. The Morgan fingerprint density at radius 1 is 1.38 bits per heavy atom. The maximum absolute atomic E-state index is 11.5. The van der Waals surface area contributed by atoms with E-state index in [-0.39, 0.29) is 5.91 Å². The van der Waals surface area contributed by atoms with Gasteiger partial charge in [0.25, 0.3) is 0 Å². The second-order valence-corrected chi connectivity index (χ2v) is 7.18. The predicted molar refractivity (Wildman–Crippen MR) is 103 cm³/mol. The Hall–Kier alpha value is -1.19. The van der Waals surface area contributed by atoms with E-state index in [1.54, 1.807) is 6.92 Å². The molecule has 1 aliphatic heterocycles. The molecule has 2 rings (SSSR count). The van der Waals surface area contributed by atoms with Crippen molar-refractivity contribution in [3.63, 3.8) is 0 Å². The molecule has 0 unspecified atom stereocenters. The molecule has 0 spiro atoms. The number of nitrogens with zero attached hydrogens (tertiary/aromatic N) is 2. The molecule has 0 radical (unpaired) electrons. The number of anilines is 1. The average molecular weight is 369 g/mol. The number of hydrogen-bond donors (Lipinski definition) is 0. The highest BCUT2D eigenvalue weighted by molar-refractivity contribution is 6.31. The summed E-state index contributed by atoms with van der Waals surface area (Å²) < 4.78 is 0. The zero-order valence-corrected chi connectivity index (χ0v) is 16.0. The highest BCUT2D eigenvalue weighted by Gasteiger charge is 2.26. The van der Waals surface area contributed by atoms with Crippen LogP contribution >= 0.6 is 23.2 Å². The number of piperidine rings is 1. The minimum atomic E-state index is 0.156. The van der Waals surface area contributed by atoms with Crippen molar-refractivity contribution in [2.75, 3.05) is 30.4 Å². The lowest BCUT2D eigenvalue weighted by molar-refractivity contribution is -0.130. The van der Waals surface area contributed by atoms with Gasteiger partial charge in [-0.1, -0.05) is 24.2 Å². The number of aryl methyl sites for hydroxylation is 1. The second-order valence-electron chi connectivity index (χ2n) is 6.40. The van der Waals surface area contributed by atoms with Gasteiger partial charge in [0.1, 0.15) is 0 Å². The third kappa shape index (κ3) is 4.67. The molecule has 1 aromatic rings. The lowest BCUT2D eigenvalue weighted by Gasteiger charge is -2.37. The smallest absolute Gasteiger partial charge is 0.219 e. The van der Waals surface area contributed by atoms with Gasteiger partial charge in [0, 0.05) is 54.8 Å². The maximum atomic E-state index is 11.5. The first-order chi connectivity index (χ1) is 11.4. The van der Waals surface area contributed by atoms with Crippen LogP contribution in [0.4, 0.5) is 5.69 Å². The van der Waals surface area contributed by atoms with Gasteiger partial charge in [-0.05, 0) is 43.9 Å². The van der Waals surface area contributed by atoms with Gasteiger partial charge in [0.15, 0.2) is 0 Å². The Balaban J connectivity index is 2.13. The molecule has 24 heavy (non-hydrogen) atoms. The molecule has 1 heterocycles. The number of amides is 1. The van der Waals surface area contributed by atoms with Crippen LogP contribution < -0.4 is 4.90 Å². The molecule has 3 nitrogen and oxygen atoms in total. The fourth-order valence-corrected chi connectivity index (χ4v) is 3.45. The third-order valence-corrected chi connectivity index (χ3v) is 5.42. The average Bonchev–Trinajstić information content (AvgIpc) is 2.58. The van der Waals surface area contributed by atoms with E-state index < -0.39 is 0 Å². The Bertz CT molecular complexity index is 595. The first-order valence-electron chi connectivity index (χ1n) is 8.48. The minimum absolute atomic E-state index is 0.156. The summed E-state index contributed by atoms with van der Waals surface area (Å²) in [7, 11) is 0. The number of carbonyl (C=O) groups excluding carboxylic acids is 1. The molecule has 1 amide bonds. The van der Waals surface area contributed by atoms with Gasteiger partial charge in [-0.15, -0.1) is 11.6 Å². The van der Waals surface area contributed by atoms with Gasteiger partial charge in [0.2, 0.25) is 5.91 Å². The molecule has 1 aliphatic rings. The van der Waals surface area contributed by atoms with Gasteiger partial charge >= 0.3 is 0 Å². The van der Waals surface area contributed by atoms with Crippen molar-refractivity contribution in [3.8, 4) is 0 Å². The number of hydrogen-bond acceptors (Lipinski definition) is 2. The number of allylic oxidation sites excluding steroid dienone is 1. The van der Waals surface area contributed by atoms with Crippen molar-refractivity contribution >= 4 is 34.8 Å². The number of halogens is 2. The lowest BCUT2D eigenvalue weighted by atomic mass is 9.92. The highest BCUT2D eigenvalue weighted by Crippen LogP contribution is 2.32. The van der Waals surface area contributed by atoms with Gasteiger partial charge in [-0.3, -0.25) is 4.79 Å². The van der Waals surface area contributed by atoms with E-state index >= 15 is 0 Å². The molecule has 0 bridgehead atoms. The summed E-state index contributed by atoms with van der Waals surface area (Å²) in [6.45, 7) is 10.4. The van der Waals surface area contributed by atoms with E-state index in [0.717, 1.165) is 60.9 Å². The number of likely N-dealkylation sites (tertiary alicyclic amines) is 1. The van der Waals surface area contributed by atoms with Crippen molar-refractivity contribution in [1.82, 2.24) is 4.90 Å². The molecule has 0 aromatic heterocycles. The van der Waals surface area contributed by atoms with Crippen LogP contribution in [0.25, 0.3) is 0 Å². The monoisotopic (exact) mass is 368 g/mol. The Morgan fingerprint density at radius 3 is 2.58 bits per heavy atom. The maximum Gasteiger partial charge on any atom is 0.219 e. The van der Waals surface area contributed by atoms with Crippen LogP contribution in [0.2, 0.25) is 5.02 Å². The summed E-state index contributed by atoms with van der Waals surface area (Å²) in [5.41, 5.74) is 3.23. The topological polar surface area (TPSA) is 23.6 Å². The molecular weight excluding hydrogens is 343 g/mol. The van der Waals surface area contributed by atoms with Crippen LogP contribution in [0.15, 0.2) is 30.5 Å². The molecule has 1 fully saturated rings. The van der Waals surface area contributed by atoms with E-state index in [1.165, 1.54) is 0 Å². The quantitative estimate of drug-likeness (QED) is 0.669. The van der Waals surface area contributed by atoms with Crippen LogP contribution in [-0.2, 0) is 4.79 Å². The summed E-state index contributed by atoms with van der Waals surface area (Å²) in [4.78, 5) is 15.7. The summed E-state index contributed by atoms with van der Waals surface area (Å²) in [5, 5.41) is 0.766. The van der Waals surface area contributed by atoms with Crippen molar-refractivity contribution in [2.45, 2.75) is 33.1 Å². The van der Waals surface area contributed by atoms with Crippen LogP contribution in [0.3, 0.4) is 0 Å². The summed E-state index contributed by atoms with van der Waals surface area (Å²) in [6.07, 6.45) is 2.79. The molecule has 0 N–H and O–H groups in total. The van der Waals surface area contributed by atoms with E-state index in [9.17, 15) is 4.79 Å². The molecule has 0 atom stereocenters. The second kappa shape index (κ2) is 8.77. The van der Waals surface area contributed by atoms with Gasteiger partial charge in [-0.25, -0.2) is 0 Å². The van der Waals surface area contributed by atoms with Gasteiger partial charge in [0.05, 0.1) is 0 Å². The lowest BCUT2D eigenvalue weighted by Crippen LogP contribution is -2.39. The summed E-state index contributed by atoms with van der Waals surface area (Å²) in [5.74, 6) is 1.16. The molecule has 132 valence electrons. The zero-order chi connectivity index (χ0) is 17.7. The SMILES string of the molecule is C=C(C1CCN(C(C)=O)CC1)N(CCCCl)c1ccc(C)c(Cl)c1. The van der Waals surface area contributed by atoms with Crippen LogP contribution in [0.5, 0.6) is 0 Å². The predicted octanol–water partition coefficient (Wildman–Crippen LogP) is 4.86. The van der Waals surface area contributed by atoms with Crippen molar-refractivity contribution in [3.05, 3.63) is 41.1 Å². The van der Waals surface area contributed by atoms with Crippen molar-refractivity contribution in [2.24, 2.45) is 5.92 Å².